The number of ether oxygens (including phenoxy) is 3. The van der Waals surface area contributed by atoms with Crippen molar-refractivity contribution in [2.45, 2.75) is 85.4 Å². The molecule has 2 rings (SSSR count). The van der Waals surface area contributed by atoms with E-state index < -0.39 is 11.2 Å². The highest BCUT2D eigenvalue weighted by Crippen LogP contribution is 2.27. The molecule has 2 aliphatic rings. The maximum absolute atomic E-state index is 11.2. The van der Waals surface area contributed by atoms with Crippen molar-refractivity contribution in [1.82, 2.24) is 0 Å². The maximum atomic E-state index is 11.2. The van der Waals surface area contributed by atoms with Gasteiger partial charge >= 0.3 is 5.97 Å². The number of aldehydes is 4. The van der Waals surface area contributed by atoms with E-state index in [1.807, 2.05) is 20.8 Å². The zero-order valence-corrected chi connectivity index (χ0v) is 23.7. The molecular formula is C29H44O8. The van der Waals surface area contributed by atoms with Gasteiger partial charge in [0.1, 0.15) is 18.9 Å². The first kappa shape index (κ1) is 38.0. The second-order valence-corrected chi connectivity index (χ2v) is 9.21. The molecule has 8 nitrogen and oxygen atoms in total. The highest BCUT2D eigenvalue weighted by Gasteiger charge is 2.37. The van der Waals surface area contributed by atoms with Crippen molar-refractivity contribution in [3.63, 3.8) is 0 Å². The highest BCUT2D eigenvalue weighted by molar-refractivity contribution is 5.79. The molecule has 2 atom stereocenters. The van der Waals surface area contributed by atoms with Crippen LogP contribution in [0.2, 0.25) is 0 Å². The summed E-state index contributed by atoms with van der Waals surface area (Å²) in [6, 6.07) is 0. The molecule has 0 radical (unpaired) electrons. The monoisotopic (exact) mass is 520 g/mol. The Hall–Kier alpha value is -3.55. The van der Waals surface area contributed by atoms with E-state index in [2.05, 4.69) is 24.5 Å². The Bertz CT molecular complexity index is 822. The van der Waals surface area contributed by atoms with Crippen LogP contribution in [0.3, 0.4) is 0 Å². The lowest BCUT2D eigenvalue weighted by molar-refractivity contribution is -0.162. The molecule has 0 aromatic carbocycles. The van der Waals surface area contributed by atoms with Gasteiger partial charge in [-0.3, -0.25) is 19.2 Å². The number of allylic oxidation sites excluding steroid dienone is 5. The lowest BCUT2D eigenvalue weighted by atomic mass is 9.95. The molecule has 0 amide bonds. The predicted molar refractivity (Wildman–Crippen MR) is 146 cm³/mol. The molecular weight excluding hydrogens is 476 g/mol. The summed E-state index contributed by atoms with van der Waals surface area (Å²) in [5.41, 5.74) is 2.77. The normalized spacial score (nSPS) is 20.8. The van der Waals surface area contributed by atoms with Crippen molar-refractivity contribution < 1.29 is 38.2 Å². The van der Waals surface area contributed by atoms with Crippen molar-refractivity contribution in [3.8, 4) is 0 Å². The minimum atomic E-state index is -0.770. The van der Waals surface area contributed by atoms with Gasteiger partial charge in [-0.25, -0.2) is 4.79 Å². The van der Waals surface area contributed by atoms with Crippen LogP contribution in [-0.4, -0.2) is 49.4 Å². The van der Waals surface area contributed by atoms with Gasteiger partial charge in [-0.1, -0.05) is 19.7 Å². The minimum absolute atomic E-state index is 0.300. The van der Waals surface area contributed by atoms with Crippen LogP contribution in [0.25, 0.3) is 0 Å². The average molecular weight is 521 g/mol. The summed E-state index contributed by atoms with van der Waals surface area (Å²) < 4.78 is 15.1. The van der Waals surface area contributed by atoms with E-state index in [9.17, 15) is 24.0 Å². The van der Waals surface area contributed by atoms with Gasteiger partial charge in [-0.2, -0.15) is 0 Å². The molecule has 2 heterocycles. The molecule has 0 spiro atoms. The standard InChI is InChI=1S/C9H14O3.C8H12O2.3C4H6O/c1-7-4-5-9(2,12-6-7)8(10)11-3;1-7-3-4-8(2,6-9)10-5-7;3*1-4(2)3-5/h6H,4-5H2,1-3H3;5-6H,3-4H2,1-2H3;3*3H,1H2,2H3. The SMILES string of the molecule is C=C(C)C=O.C=C(C)C=O.C=C(C)C=O.CC1=COC(C)(C=O)CC1.COC(=O)C1(C)CCC(C)=CO1. The second kappa shape index (κ2) is 20.6. The Morgan fingerprint density at radius 1 is 0.811 bits per heavy atom. The Morgan fingerprint density at radius 3 is 1.38 bits per heavy atom. The van der Waals surface area contributed by atoms with Crippen LogP contribution < -0.4 is 0 Å². The Kier molecular flexibility index (Phi) is 21.2. The Morgan fingerprint density at radius 2 is 1.16 bits per heavy atom. The van der Waals surface area contributed by atoms with Gasteiger partial charge in [-0.05, 0) is 95.6 Å². The number of esters is 1. The van der Waals surface area contributed by atoms with Crippen LogP contribution in [0.1, 0.15) is 74.1 Å². The molecule has 0 fully saturated rings. The summed E-state index contributed by atoms with van der Waals surface area (Å²) >= 11 is 0. The van der Waals surface area contributed by atoms with E-state index in [1.54, 1.807) is 40.2 Å². The predicted octanol–water partition coefficient (Wildman–Crippen LogP) is 5.57. The number of rotatable bonds is 5. The zero-order valence-electron chi connectivity index (χ0n) is 23.7. The van der Waals surface area contributed by atoms with Crippen LogP contribution in [0, 0.1) is 0 Å². The van der Waals surface area contributed by atoms with Crippen molar-refractivity contribution in [3.05, 3.63) is 60.1 Å². The van der Waals surface area contributed by atoms with Gasteiger partial charge in [-0.15, -0.1) is 0 Å². The summed E-state index contributed by atoms with van der Waals surface area (Å²) in [7, 11) is 1.38. The minimum Gasteiger partial charge on any atom is -0.488 e. The Balaban J connectivity index is -0.000000417. The van der Waals surface area contributed by atoms with E-state index in [1.165, 1.54) is 12.7 Å². The summed E-state index contributed by atoms with van der Waals surface area (Å²) in [6.45, 7) is 22.4. The summed E-state index contributed by atoms with van der Waals surface area (Å²) in [4.78, 5) is 49.9. The lowest BCUT2D eigenvalue weighted by Crippen LogP contribution is -2.39. The fourth-order valence-corrected chi connectivity index (χ4v) is 2.04. The second-order valence-electron chi connectivity index (χ2n) is 9.21. The molecule has 0 saturated heterocycles. The largest absolute Gasteiger partial charge is 0.488 e. The van der Waals surface area contributed by atoms with Crippen LogP contribution in [0.5, 0.6) is 0 Å². The van der Waals surface area contributed by atoms with Gasteiger partial charge in [0.15, 0.2) is 11.9 Å². The van der Waals surface area contributed by atoms with Crippen molar-refractivity contribution >= 4 is 31.1 Å². The molecule has 0 aromatic rings. The van der Waals surface area contributed by atoms with Crippen LogP contribution in [-0.2, 0) is 38.2 Å². The quantitative estimate of drug-likeness (QED) is 0.262. The molecule has 0 aliphatic carbocycles. The maximum Gasteiger partial charge on any atom is 0.349 e. The summed E-state index contributed by atoms with van der Waals surface area (Å²) in [6.07, 6.45) is 9.72. The van der Waals surface area contributed by atoms with E-state index in [0.717, 1.165) is 50.0 Å². The fourth-order valence-electron chi connectivity index (χ4n) is 2.04. The van der Waals surface area contributed by atoms with E-state index in [-0.39, 0.29) is 5.97 Å². The fraction of sp³-hybridized carbons (Fsp3) is 0.483. The number of hydrogen-bond acceptors (Lipinski definition) is 8. The molecule has 0 N–H and O–H groups in total. The van der Waals surface area contributed by atoms with Crippen LogP contribution in [0.15, 0.2) is 60.1 Å². The third kappa shape index (κ3) is 21.5. The molecule has 37 heavy (non-hydrogen) atoms. The van der Waals surface area contributed by atoms with Gasteiger partial charge in [0.25, 0.3) is 0 Å². The number of methoxy groups -OCH3 is 1. The van der Waals surface area contributed by atoms with Crippen molar-refractivity contribution in [2.24, 2.45) is 0 Å². The van der Waals surface area contributed by atoms with Crippen LogP contribution in [0.4, 0.5) is 0 Å². The number of hydrogen-bond donors (Lipinski definition) is 0. The van der Waals surface area contributed by atoms with E-state index in [0.29, 0.717) is 23.1 Å². The van der Waals surface area contributed by atoms with E-state index >= 15 is 0 Å². The Labute approximate surface area is 222 Å². The summed E-state index contributed by atoms with van der Waals surface area (Å²) in [5, 5.41) is 0. The molecule has 0 bridgehead atoms. The van der Waals surface area contributed by atoms with Crippen molar-refractivity contribution in [2.75, 3.05) is 7.11 Å². The first-order chi connectivity index (χ1) is 17.1. The molecule has 0 saturated carbocycles. The molecule has 0 aromatic heterocycles. The molecule has 8 heteroatoms. The zero-order chi connectivity index (χ0) is 29.7. The number of carbonyl (C=O) groups is 5. The van der Waals surface area contributed by atoms with Crippen LogP contribution >= 0.6 is 0 Å². The summed E-state index contributed by atoms with van der Waals surface area (Å²) in [5.74, 6) is -0.300. The third-order valence-corrected chi connectivity index (χ3v) is 4.53. The molecule has 208 valence electrons. The molecule has 2 aliphatic heterocycles. The first-order valence-electron chi connectivity index (χ1n) is 11.6. The third-order valence-electron chi connectivity index (χ3n) is 4.53. The van der Waals surface area contributed by atoms with E-state index in [4.69, 9.17) is 9.47 Å². The number of carbonyl (C=O) groups excluding carboxylic acids is 5. The van der Waals surface area contributed by atoms with Gasteiger partial charge in [0.2, 0.25) is 5.60 Å². The van der Waals surface area contributed by atoms with Gasteiger partial charge < -0.3 is 14.2 Å². The van der Waals surface area contributed by atoms with Crippen molar-refractivity contribution in [1.29, 1.82) is 0 Å². The van der Waals surface area contributed by atoms with Gasteiger partial charge in [0, 0.05) is 6.42 Å². The molecule has 2 unspecified atom stereocenters. The highest BCUT2D eigenvalue weighted by atomic mass is 16.6. The average Bonchev–Trinajstić information content (AvgIpc) is 2.88. The first-order valence-corrected chi connectivity index (χ1v) is 11.6. The lowest BCUT2D eigenvalue weighted by Gasteiger charge is -2.29. The smallest absolute Gasteiger partial charge is 0.349 e. The topological polar surface area (TPSA) is 113 Å². The van der Waals surface area contributed by atoms with Gasteiger partial charge in [0.05, 0.1) is 19.6 Å².